The molecule has 3 aromatic rings. The molecule has 0 spiro atoms. The summed E-state index contributed by atoms with van der Waals surface area (Å²) < 4.78 is 5.09. The maximum Gasteiger partial charge on any atom is 0.255 e. The van der Waals surface area contributed by atoms with Crippen LogP contribution in [0.25, 0.3) is 0 Å². The van der Waals surface area contributed by atoms with E-state index in [0.29, 0.717) is 33.3 Å². The third-order valence-electron chi connectivity index (χ3n) is 4.31. The molecule has 29 heavy (non-hydrogen) atoms. The molecule has 0 atom stereocenters. The minimum absolute atomic E-state index is 0.286. The van der Waals surface area contributed by atoms with Gasteiger partial charge in [-0.3, -0.25) is 9.59 Å². The summed E-state index contributed by atoms with van der Waals surface area (Å²) in [6.07, 6.45) is 0. The van der Waals surface area contributed by atoms with Gasteiger partial charge in [0.2, 0.25) is 0 Å². The molecule has 0 saturated carbocycles. The van der Waals surface area contributed by atoms with E-state index in [4.69, 9.17) is 16.3 Å². The van der Waals surface area contributed by atoms with E-state index in [1.54, 1.807) is 49.6 Å². The van der Waals surface area contributed by atoms with Crippen LogP contribution in [0, 0.1) is 13.8 Å². The molecule has 0 aliphatic heterocycles. The number of benzene rings is 3. The predicted octanol–water partition coefficient (Wildman–Crippen LogP) is 5.47. The van der Waals surface area contributed by atoms with Gasteiger partial charge in [0.15, 0.2) is 0 Å². The van der Waals surface area contributed by atoms with Gasteiger partial charge in [-0.05, 0) is 79.6 Å². The topological polar surface area (TPSA) is 67.4 Å². The SMILES string of the molecule is COc1ccc(C(=O)Nc2cc(C(=O)Nc3cc(C)cc(C)c3)ccc2Cl)cc1. The standard InChI is InChI=1S/C23H21ClN2O3/c1-14-10-15(2)12-18(11-14)25-23(28)17-6-9-20(24)21(13-17)26-22(27)16-4-7-19(29-3)8-5-16/h4-13H,1-3H3,(H,25,28)(H,26,27). The van der Waals surface area contributed by atoms with Crippen LogP contribution in [-0.2, 0) is 0 Å². The second-order valence-corrected chi connectivity index (χ2v) is 7.11. The molecule has 2 N–H and O–H groups in total. The molecular weight excluding hydrogens is 388 g/mol. The Morgan fingerprint density at radius 1 is 0.793 bits per heavy atom. The Kier molecular flexibility index (Phi) is 6.20. The Morgan fingerprint density at radius 3 is 2.00 bits per heavy atom. The van der Waals surface area contributed by atoms with Crippen molar-refractivity contribution >= 4 is 34.8 Å². The Labute approximate surface area is 174 Å². The van der Waals surface area contributed by atoms with E-state index >= 15 is 0 Å². The number of carbonyl (C=O) groups excluding carboxylic acids is 2. The van der Waals surface area contributed by atoms with E-state index < -0.39 is 0 Å². The number of rotatable bonds is 5. The number of hydrogen-bond acceptors (Lipinski definition) is 3. The van der Waals surface area contributed by atoms with Crippen molar-refractivity contribution in [3.8, 4) is 5.75 Å². The summed E-state index contributed by atoms with van der Waals surface area (Å²) in [6, 6.07) is 17.3. The third kappa shape index (κ3) is 5.15. The highest BCUT2D eigenvalue weighted by Crippen LogP contribution is 2.25. The Hall–Kier alpha value is -3.31. The smallest absolute Gasteiger partial charge is 0.255 e. The minimum Gasteiger partial charge on any atom is -0.497 e. The lowest BCUT2D eigenvalue weighted by molar-refractivity contribution is 0.101. The maximum absolute atomic E-state index is 12.6. The van der Waals surface area contributed by atoms with Crippen LogP contribution in [0.4, 0.5) is 11.4 Å². The molecule has 0 bridgehead atoms. The van der Waals surface area contributed by atoms with Crippen molar-refractivity contribution in [3.05, 3.63) is 87.9 Å². The van der Waals surface area contributed by atoms with Gasteiger partial charge in [-0.15, -0.1) is 0 Å². The van der Waals surface area contributed by atoms with Crippen LogP contribution in [0.2, 0.25) is 5.02 Å². The summed E-state index contributed by atoms with van der Waals surface area (Å²) in [5, 5.41) is 5.97. The lowest BCUT2D eigenvalue weighted by Crippen LogP contribution is -2.15. The summed E-state index contributed by atoms with van der Waals surface area (Å²) in [4.78, 5) is 25.1. The summed E-state index contributed by atoms with van der Waals surface area (Å²) in [5.74, 6) is 0.0395. The fraction of sp³-hybridized carbons (Fsp3) is 0.130. The second kappa shape index (κ2) is 8.80. The number of aryl methyl sites for hydroxylation is 2. The summed E-state index contributed by atoms with van der Waals surface area (Å²) >= 11 is 6.22. The summed E-state index contributed by atoms with van der Waals surface area (Å²) in [7, 11) is 1.56. The molecule has 5 nitrogen and oxygen atoms in total. The molecule has 0 aliphatic rings. The fourth-order valence-electron chi connectivity index (χ4n) is 2.95. The number of halogens is 1. The maximum atomic E-state index is 12.6. The third-order valence-corrected chi connectivity index (χ3v) is 4.64. The van der Waals surface area contributed by atoms with Gasteiger partial charge in [-0.2, -0.15) is 0 Å². The first-order chi connectivity index (χ1) is 13.9. The zero-order valence-electron chi connectivity index (χ0n) is 16.4. The normalized spacial score (nSPS) is 10.3. The summed E-state index contributed by atoms with van der Waals surface area (Å²) in [6.45, 7) is 3.94. The van der Waals surface area contributed by atoms with Crippen LogP contribution in [-0.4, -0.2) is 18.9 Å². The minimum atomic E-state index is -0.332. The molecule has 0 fully saturated rings. The molecular formula is C23H21ClN2O3. The molecule has 2 amide bonds. The first kappa shape index (κ1) is 20.4. The van der Waals surface area contributed by atoms with Gasteiger partial charge in [0.05, 0.1) is 17.8 Å². The van der Waals surface area contributed by atoms with Gasteiger partial charge in [-0.25, -0.2) is 0 Å². The molecule has 3 aromatic carbocycles. The van der Waals surface area contributed by atoms with E-state index in [1.165, 1.54) is 0 Å². The van der Waals surface area contributed by atoms with Crippen molar-refractivity contribution in [3.63, 3.8) is 0 Å². The molecule has 0 heterocycles. The van der Waals surface area contributed by atoms with Crippen LogP contribution in [0.15, 0.2) is 60.7 Å². The van der Waals surface area contributed by atoms with Crippen molar-refractivity contribution in [2.75, 3.05) is 17.7 Å². The number of carbonyl (C=O) groups is 2. The van der Waals surface area contributed by atoms with E-state index in [0.717, 1.165) is 11.1 Å². The average molecular weight is 409 g/mol. The fourth-order valence-corrected chi connectivity index (χ4v) is 3.11. The Morgan fingerprint density at radius 2 is 1.38 bits per heavy atom. The molecule has 6 heteroatoms. The largest absolute Gasteiger partial charge is 0.497 e. The van der Waals surface area contributed by atoms with Crippen molar-refractivity contribution in [1.82, 2.24) is 0 Å². The van der Waals surface area contributed by atoms with Crippen LogP contribution >= 0.6 is 11.6 Å². The van der Waals surface area contributed by atoms with E-state index in [-0.39, 0.29) is 11.8 Å². The molecule has 3 rings (SSSR count). The first-order valence-electron chi connectivity index (χ1n) is 9.00. The second-order valence-electron chi connectivity index (χ2n) is 6.71. The molecule has 0 radical (unpaired) electrons. The van der Waals surface area contributed by atoms with Crippen molar-refractivity contribution in [1.29, 1.82) is 0 Å². The highest BCUT2D eigenvalue weighted by atomic mass is 35.5. The first-order valence-corrected chi connectivity index (χ1v) is 9.38. The number of ether oxygens (including phenoxy) is 1. The molecule has 0 saturated heterocycles. The van der Waals surface area contributed by atoms with E-state index in [1.807, 2.05) is 32.0 Å². The number of nitrogens with one attached hydrogen (secondary N) is 2. The zero-order chi connectivity index (χ0) is 21.0. The number of anilines is 2. The molecule has 0 aromatic heterocycles. The van der Waals surface area contributed by atoms with Gasteiger partial charge < -0.3 is 15.4 Å². The van der Waals surface area contributed by atoms with Crippen molar-refractivity contribution in [2.45, 2.75) is 13.8 Å². The Bertz CT molecular complexity index is 1040. The average Bonchev–Trinajstić information content (AvgIpc) is 2.68. The number of hydrogen-bond donors (Lipinski definition) is 2. The van der Waals surface area contributed by atoms with E-state index in [2.05, 4.69) is 10.6 Å². The highest BCUT2D eigenvalue weighted by molar-refractivity contribution is 6.34. The molecule has 148 valence electrons. The van der Waals surface area contributed by atoms with Gasteiger partial charge >= 0.3 is 0 Å². The van der Waals surface area contributed by atoms with Gasteiger partial charge in [0, 0.05) is 16.8 Å². The quantitative estimate of drug-likeness (QED) is 0.588. The predicted molar refractivity (Wildman–Crippen MR) is 116 cm³/mol. The van der Waals surface area contributed by atoms with E-state index in [9.17, 15) is 9.59 Å². The van der Waals surface area contributed by atoms with Crippen molar-refractivity contribution < 1.29 is 14.3 Å². The molecule has 0 unspecified atom stereocenters. The number of methoxy groups -OCH3 is 1. The van der Waals surface area contributed by atoms with Gasteiger partial charge in [0.1, 0.15) is 5.75 Å². The lowest BCUT2D eigenvalue weighted by Gasteiger charge is -2.11. The van der Waals surface area contributed by atoms with Crippen LogP contribution in [0.1, 0.15) is 31.8 Å². The lowest BCUT2D eigenvalue weighted by atomic mass is 10.1. The van der Waals surface area contributed by atoms with Crippen LogP contribution in [0.3, 0.4) is 0 Å². The van der Waals surface area contributed by atoms with Gasteiger partial charge in [-0.1, -0.05) is 17.7 Å². The summed E-state index contributed by atoms with van der Waals surface area (Å²) in [5.41, 5.74) is 4.03. The van der Waals surface area contributed by atoms with Crippen molar-refractivity contribution in [2.24, 2.45) is 0 Å². The zero-order valence-corrected chi connectivity index (χ0v) is 17.1. The molecule has 0 aliphatic carbocycles. The monoisotopic (exact) mass is 408 g/mol. The van der Waals surface area contributed by atoms with Gasteiger partial charge in [0.25, 0.3) is 11.8 Å². The number of amides is 2. The van der Waals surface area contributed by atoms with Crippen LogP contribution in [0.5, 0.6) is 5.75 Å². The highest BCUT2D eigenvalue weighted by Gasteiger charge is 2.13. The van der Waals surface area contributed by atoms with Crippen LogP contribution < -0.4 is 15.4 Å². The Balaban J connectivity index is 1.77.